The fraction of sp³-hybridized carbons (Fsp3) is 0.577. The summed E-state index contributed by atoms with van der Waals surface area (Å²) in [5.41, 5.74) is 8.39. The molecular formula is C26H40N4. The Morgan fingerprint density at radius 3 is 2.60 bits per heavy atom. The quantitative estimate of drug-likeness (QED) is 0.606. The van der Waals surface area contributed by atoms with Crippen LogP contribution < -0.4 is 5.73 Å². The molecule has 4 heteroatoms. The summed E-state index contributed by atoms with van der Waals surface area (Å²) in [5, 5.41) is 0. The molecule has 0 saturated heterocycles. The Labute approximate surface area is 182 Å². The van der Waals surface area contributed by atoms with Crippen LogP contribution in [0.15, 0.2) is 48.1 Å². The number of aromatic nitrogens is 2. The number of hydrogen-bond donors (Lipinski definition) is 2. The molecule has 2 aliphatic rings. The molecule has 1 atom stereocenters. The fourth-order valence-corrected chi connectivity index (χ4v) is 5.07. The standard InChI is InChI=1S/C25H35N3.CH5N/c1-2-3-5-11-20-12-10-15-22(18-20)28(21-13-6-4-7-14-21)19-25-26-23-16-8-9-17-24(23)27-25;1-2/h3,5,8-9,11,16-17,21-22H,2,4,6-7,10,12-15,18-19H2,1H3,(H,26,27);2H2,1H3/b5-3-,20-11-;. The third-order valence-electron chi connectivity index (χ3n) is 6.52. The predicted octanol–water partition coefficient (Wildman–Crippen LogP) is 6.11. The highest BCUT2D eigenvalue weighted by Gasteiger charge is 2.30. The average molecular weight is 409 g/mol. The van der Waals surface area contributed by atoms with Gasteiger partial charge in [-0.2, -0.15) is 0 Å². The lowest BCUT2D eigenvalue weighted by Crippen LogP contribution is -2.45. The van der Waals surface area contributed by atoms with E-state index in [9.17, 15) is 0 Å². The highest BCUT2D eigenvalue weighted by Crippen LogP contribution is 2.33. The van der Waals surface area contributed by atoms with Gasteiger partial charge in [0.05, 0.1) is 17.6 Å². The maximum absolute atomic E-state index is 4.90. The van der Waals surface area contributed by atoms with Crippen LogP contribution in [-0.2, 0) is 6.54 Å². The van der Waals surface area contributed by atoms with Crippen molar-refractivity contribution in [2.24, 2.45) is 5.73 Å². The third-order valence-corrected chi connectivity index (χ3v) is 6.52. The number of allylic oxidation sites excluding steroid dienone is 3. The van der Waals surface area contributed by atoms with Gasteiger partial charge in [0.15, 0.2) is 0 Å². The van der Waals surface area contributed by atoms with E-state index in [1.807, 2.05) is 0 Å². The van der Waals surface area contributed by atoms with Crippen LogP contribution in [-0.4, -0.2) is 34.0 Å². The maximum atomic E-state index is 4.90. The van der Waals surface area contributed by atoms with Gasteiger partial charge < -0.3 is 10.7 Å². The summed E-state index contributed by atoms with van der Waals surface area (Å²) < 4.78 is 0. The molecular weight excluding hydrogens is 368 g/mol. The zero-order valence-corrected chi connectivity index (χ0v) is 18.9. The van der Waals surface area contributed by atoms with Crippen molar-refractivity contribution in [3.8, 4) is 0 Å². The lowest BCUT2D eigenvalue weighted by Gasteiger charge is -2.41. The highest BCUT2D eigenvalue weighted by atomic mass is 15.2. The van der Waals surface area contributed by atoms with Crippen LogP contribution in [0.4, 0.5) is 0 Å². The van der Waals surface area contributed by atoms with Crippen molar-refractivity contribution >= 4 is 11.0 Å². The van der Waals surface area contributed by atoms with Crippen LogP contribution in [0.25, 0.3) is 11.0 Å². The van der Waals surface area contributed by atoms with Gasteiger partial charge in [-0.3, -0.25) is 4.90 Å². The number of H-pyrrole nitrogens is 1. The molecule has 0 bridgehead atoms. The number of para-hydroxylation sites is 2. The second-order valence-electron chi connectivity index (χ2n) is 8.58. The normalized spacial score (nSPS) is 22.0. The minimum atomic E-state index is 0.659. The first-order chi connectivity index (χ1) is 14.8. The SMILES string of the molecule is CC/C=C\C=C1\CCCC(N(Cc2nc3ccccc3[nH]2)C2CCCCC2)C1.CN. The molecule has 0 radical (unpaired) electrons. The van der Waals surface area contributed by atoms with Crippen LogP contribution in [0.5, 0.6) is 0 Å². The smallest absolute Gasteiger partial charge is 0.121 e. The van der Waals surface area contributed by atoms with Crippen molar-refractivity contribution in [2.45, 2.75) is 89.8 Å². The van der Waals surface area contributed by atoms with Crippen molar-refractivity contribution in [1.82, 2.24) is 14.9 Å². The van der Waals surface area contributed by atoms with Crippen LogP contribution in [0.1, 0.15) is 77.0 Å². The molecule has 4 nitrogen and oxygen atoms in total. The zero-order chi connectivity index (χ0) is 21.2. The van der Waals surface area contributed by atoms with Crippen LogP contribution in [0.3, 0.4) is 0 Å². The Morgan fingerprint density at radius 2 is 1.83 bits per heavy atom. The second kappa shape index (κ2) is 12.1. The summed E-state index contributed by atoms with van der Waals surface area (Å²) in [6.45, 7) is 3.17. The molecule has 1 aromatic carbocycles. The van der Waals surface area contributed by atoms with E-state index in [0.29, 0.717) is 6.04 Å². The summed E-state index contributed by atoms with van der Waals surface area (Å²) >= 11 is 0. The predicted molar refractivity (Wildman–Crippen MR) is 128 cm³/mol. The van der Waals surface area contributed by atoms with Gasteiger partial charge in [0, 0.05) is 12.1 Å². The maximum Gasteiger partial charge on any atom is 0.121 e. The van der Waals surface area contributed by atoms with Gasteiger partial charge in [-0.05, 0) is 64.1 Å². The number of nitrogens with two attached hydrogens (primary N) is 1. The van der Waals surface area contributed by atoms with E-state index in [1.54, 1.807) is 5.57 Å². The molecule has 0 amide bonds. The van der Waals surface area contributed by atoms with Crippen molar-refractivity contribution in [2.75, 3.05) is 7.05 Å². The minimum Gasteiger partial charge on any atom is -0.341 e. The number of fused-ring (bicyclic) bond motifs is 1. The molecule has 164 valence electrons. The topological polar surface area (TPSA) is 57.9 Å². The molecule has 2 aliphatic carbocycles. The Kier molecular flexibility index (Phi) is 9.16. The molecule has 1 unspecified atom stereocenters. The van der Waals surface area contributed by atoms with Gasteiger partial charge in [-0.15, -0.1) is 0 Å². The monoisotopic (exact) mass is 408 g/mol. The largest absolute Gasteiger partial charge is 0.341 e. The van der Waals surface area contributed by atoms with E-state index < -0.39 is 0 Å². The number of nitrogens with zero attached hydrogens (tertiary/aromatic N) is 2. The molecule has 0 spiro atoms. The number of nitrogens with one attached hydrogen (secondary N) is 1. The van der Waals surface area contributed by atoms with Crippen molar-refractivity contribution in [3.63, 3.8) is 0 Å². The Balaban J connectivity index is 0.00000124. The van der Waals surface area contributed by atoms with Gasteiger partial charge in [0.25, 0.3) is 0 Å². The first-order valence-corrected chi connectivity index (χ1v) is 11.9. The number of rotatable bonds is 6. The summed E-state index contributed by atoms with van der Waals surface area (Å²) in [7, 11) is 1.50. The van der Waals surface area contributed by atoms with E-state index in [2.05, 4.69) is 65.0 Å². The summed E-state index contributed by atoms with van der Waals surface area (Å²) in [6, 6.07) is 9.79. The highest BCUT2D eigenvalue weighted by molar-refractivity contribution is 5.74. The summed E-state index contributed by atoms with van der Waals surface area (Å²) in [4.78, 5) is 11.3. The summed E-state index contributed by atoms with van der Waals surface area (Å²) in [5.74, 6) is 1.13. The van der Waals surface area contributed by atoms with Crippen molar-refractivity contribution < 1.29 is 0 Å². The average Bonchev–Trinajstić information content (AvgIpc) is 3.22. The number of hydrogen-bond acceptors (Lipinski definition) is 3. The fourth-order valence-electron chi connectivity index (χ4n) is 5.07. The lowest BCUT2D eigenvalue weighted by molar-refractivity contribution is 0.0800. The van der Waals surface area contributed by atoms with Crippen molar-refractivity contribution in [1.29, 1.82) is 0 Å². The van der Waals surface area contributed by atoms with Crippen LogP contribution >= 0.6 is 0 Å². The first kappa shape index (κ1) is 22.8. The van der Waals surface area contributed by atoms with Gasteiger partial charge in [-0.1, -0.05) is 62.1 Å². The molecule has 2 saturated carbocycles. The second-order valence-corrected chi connectivity index (χ2v) is 8.58. The molecule has 2 fully saturated rings. The summed E-state index contributed by atoms with van der Waals surface area (Å²) in [6.07, 6.45) is 20.1. The third kappa shape index (κ3) is 6.05. The number of imidazole rings is 1. The van der Waals surface area contributed by atoms with Crippen molar-refractivity contribution in [3.05, 3.63) is 53.9 Å². The molecule has 0 aliphatic heterocycles. The lowest BCUT2D eigenvalue weighted by atomic mass is 9.86. The first-order valence-electron chi connectivity index (χ1n) is 11.9. The molecule has 30 heavy (non-hydrogen) atoms. The molecule has 3 N–H and O–H groups in total. The van der Waals surface area contributed by atoms with Crippen LogP contribution in [0.2, 0.25) is 0 Å². The molecule has 2 aromatic rings. The number of benzene rings is 1. The minimum absolute atomic E-state index is 0.659. The van der Waals surface area contributed by atoms with Gasteiger partial charge in [0.2, 0.25) is 0 Å². The van der Waals surface area contributed by atoms with E-state index in [4.69, 9.17) is 4.98 Å². The van der Waals surface area contributed by atoms with Gasteiger partial charge in [-0.25, -0.2) is 4.98 Å². The Morgan fingerprint density at radius 1 is 1.07 bits per heavy atom. The molecule has 4 rings (SSSR count). The number of aromatic amines is 1. The Hall–Kier alpha value is -1.91. The Bertz CT molecular complexity index is 780. The van der Waals surface area contributed by atoms with Gasteiger partial charge >= 0.3 is 0 Å². The van der Waals surface area contributed by atoms with E-state index in [1.165, 1.54) is 64.8 Å². The zero-order valence-electron chi connectivity index (χ0n) is 18.9. The van der Waals surface area contributed by atoms with E-state index >= 15 is 0 Å². The molecule has 1 aromatic heterocycles. The van der Waals surface area contributed by atoms with Crippen LogP contribution in [0, 0.1) is 0 Å². The molecule has 1 heterocycles. The van der Waals surface area contributed by atoms with E-state index in [0.717, 1.165) is 35.9 Å². The van der Waals surface area contributed by atoms with E-state index in [-0.39, 0.29) is 0 Å². The van der Waals surface area contributed by atoms with Gasteiger partial charge in [0.1, 0.15) is 5.82 Å².